The number of nitrogens with one attached hydrogen (secondary N) is 1. The summed E-state index contributed by atoms with van der Waals surface area (Å²) < 4.78 is 10.4. The molecule has 7 heteroatoms. The van der Waals surface area contributed by atoms with Crippen LogP contribution in [0.1, 0.15) is 13.8 Å². The van der Waals surface area contributed by atoms with E-state index in [1.54, 1.807) is 38.1 Å². The molecule has 0 heterocycles. The van der Waals surface area contributed by atoms with E-state index in [0.29, 0.717) is 10.8 Å². The van der Waals surface area contributed by atoms with E-state index in [1.165, 1.54) is 7.05 Å². The second-order valence-corrected chi connectivity index (χ2v) is 6.23. The largest absolute Gasteiger partial charge is 0.471 e. The summed E-state index contributed by atoms with van der Waals surface area (Å²) in [6.45, 7) is 3.31. The number of amides is 1. The minimum absolute atomic E-state index is 0.0441. The summed E-state index contributed by atoms with van der Waals surface area (Å²) in [5.41, 5.74) is -0.882. The molecule has 0 bridgehead atoms. The Morgan fingerprint density at radius 2 is 1.90 bits per heavy atom. The van der Waals surface area contributed by atoms with Gasteiger partial charge in [-0.15, -0.1) is 0 Å². The fourth-order valence-electron chi connectivity index (χ4n) is 1.38. The van der Waals surface area contributed by atoms with Crippen LogP contribution in [0.15, 0.2) is 24.3 Å². The van der Waals surface area contributed by atoms with Gasteiger partial charge in [-0.05, 0) is 54.0 Å². The van der Waals surface area contributed by atoms with Crippen molar-refractivity contribution < 1.29 is 19.1 Å². The van der Waals surface area contributed by atoms with Crippen LogP contribution in [0, 0.1) is 5.41 Å². The third kappa shape index (κ3) is 5.55. The maximum absolute atomic E-state index is 12.3. The molecule has 0 aliphatic heterocycles. The number of halogens is 2. The van der Waals surface area contributed by atoms with Crippen molar-refractivity contribution in [3.05, 3.63) is 29.3 Å². The van der Waals surface area contributed by atoms with Crippen molar-refractivity contribution in [2.45, 2.75) is 18.9 Å². The number of carbonyl (C=O) groups excluding carboxylic acids is 2. The number of hydrogen-bond acceptors (Lipinski definition) is 4. The Bertz CT molecular complexity index is 504. The lowest BCUT2D eigenvalue weighted by Crippen LogP contribution is -2.39. The Balaban J connectivity index is 2.63. The fourth-order valence-corrected chi connectivity index (χ4v) is 2.34. The van der Waals surface area contributed by atoms with Gasteiger partial charge < -0.3 is 14.8 Å². The minimum atomic E-state index is -0.882. The summed E-state index contributed by atoms with van der Waals surface area (Å²) in [6, 6.07) is 6.66. The van der Waals surface area contributed by atoms with Crippen molar-refractivity contribution in [3.63, 3.8) is 0 Å². The highest BCUT2D eigenvalue weighted by Gasteiger charge is 2.35. The summed E-state index contributed by atoms with van der Waals surface area (Å²) in [5, 5.41) is 2.06. The molecule has 0 aliphatic carbocycles. The van der Waals surface area contributed by atoms with Gasteiger partial charge in [0.25, 0.3) is 0 Å². The van der Waals surface area contributed by atoms with Gasteiger partial charge >= 0.3 is 6.09 Å². The normalized spacial score (nSPS) is 12.4. The molecule has 116 valence electrons. The molecule has 1 unspecified atom stereocenters. The van der Waals surface area contributed by atoms with E-state index < -0.39 is 16.5 Å². The topological polar surface area (TPSA) is 64.6 Å². The molecular weight excluding hydrogens is 362 g/mol. The molecule has 0 aromatic heterocycles. The number of hydrogen-bond donors (Lipinski definition) is 1. The second-order valence-electron chi connectivity index (χ2n) is 4.96. The lowest BCUT2D eigenvalue weighted by atomic mass is 9.89. The van der Waals surface area contributed by atoms with Crippen LogP contribution in [0.5, 0.6) is 5.75 Å². The molecule has 0 spiro atoms. The standard InChI is InChI=1S/C14H17BrClNO4/c1-14(2,8-20-13(19)17-3)11(18)12(15)21-10-6-4-9(16)5-7-10/h4-7,12H,8H2,1-3H3,(H,17,19). The first kappa shape index (κ1) is 17.8. The van der Waals surface area contributed by atoms with E-state index in [4.69, 9.17) is 21.1 Å². The molecule has 1 atom stereocenters. The molecule has 5 nitrogen and oxygen atoms in total. The molecule has 21 heavy (non-hydrogen) atoms. The quantitative estimate of drug-likeness (QED) is 0.771. The number of Topliss-reactive ketones (excluding diaryl/α,β-unsaturated/α-hetero) is 1. The average Bonchev–Trinajstić information content (AvgIpc) is 2.46. The van der Waals surface area contributed by atoms with Gasteiger partial charge in [0.05, 0.1) is 5.41 Å². The van der Waals surface area contributed by atoms with Crippen LogP contribution in [0.4, 0.5) is 4.79 Å². The number of benzene rings is 1. The molecular formula is C14H17BrClNO4. The van der Waals surface area contributed by atoms with Crippen LogP contribution < -0.4 is 10.1 Å². The van der Waals surface area contributed by atoms with E-state index in [2.05, 4.69) is 21.2 Å². The summed E-state index contributed by atoms with van der Waals surface area (Å²) in [5.74, 6) is 0.277. The molecule has 1 amide bonds. The molecule has 1 rings (SSSR count). The highest BCUT2D eigenvalue weighted by Crippen LogP contribution is 2.25. The molecule has 0 radical (unpaired) electrons. The number of alkyl carbamates (subject to hydrolysis) is 1. The molecule has 0 saturated heterocycles. The van der Waals surface area contributed by atoms with Crippen molar-refractivity contribution in [3.8, 4) is 5.75 Å². The van der Waals surface area contributed by atoms with Crippen LogP contribution in [0.3, 0.4) is 0 Å². The van der Waals surface area contributed by atoms with Gasteiger partial charge in [0.2, 0.25) is 5.01 Å². The smallest absolute Gasteiger partial charge is 0.406 e. The minimum Gasteiger partial charge on any atom is -0.471 e. The Morgan fingerprint density at radius 3 is 2.43 bits per heavy atom. The maximum atomic E-state index is 12.3. The van der Waals surface area contributed by atoms with Crippen LogP contribution in [0.2, 0.25) is 5.02 Å². The molecule has 0 fully saturated rings. The summed E-state index contributed by atoms with van der Waals surface area (Å²) in [7, 11) is 1.45. The number of rotatable bonds is 6. The Kier molecular flexibility index (Phi) is 6.48. The zero-order valence-corrected chi connectivity index (χ0v) is 14.3. The maximum Gasteiger partial charge on any atom is 0.406 e. The number of carbonyl (C=O) groups is 2. The van der Waals surface area contributed by atoms with Crippen molar-refractivity contribution >= 4 is 39.4 Å². The number of ketones is 1. The molecule has 1 aromatic rings. The first-order valence-electron chi connectivity index (χ1n) is 6.21. The lowest BCUT2D eigenvalue weighted by Gasteiger charge is -2.25. The number of ether oxygens (including phenoxy) is 2. The van der Waals surface area contributed by atoms with Crippen molar-refractivity contribution in [1.29, 1.82) is 0 Å². The molecule has 0 saturated carbocycles. The van der Waals surface area contributed by atoms with Gasteiger partial charge in [0.15, 0.2) is 5.78 Å². The van der Waals surface area contributed by atoms with E-state index >= 15 is 0 Å². The van der Waals surface area contributed by atoms with Gasteiger partial charge in [-0.3, -0.25) is 4.79 Å². The predicted octanol–water partition coefficient (Wildman–Crippen LogP) is 3.39. The summed E-state index contributed by atoms with van der Waals surface area (Å²) in [6.07, 6.45) is -0.583. The van der Waals surface area contributed by atoms with E-state index in [9.17, 15) is 9.59 Å². The SMILES string of the molecule is CNC(=O)OCC(C)(C)C(=O)C(Br)Oc1ccc(Cl)cc1. The molecule has 1 aromatic carbocycles. The Labute approximate surface area is 137 Å². The fraction of sp³-hybridized carbons (Fsp3) is 0.429. The van der Waals surface area contributed by atoms with Gasteiger partial charge in [0, 0.05) is 12.1 Å². The monoisotopic (exact) mass is 377 g/mol. The average molecular weight is 379 g/mol. The summed E-state index contributed by atoms with van der Waals surface area (Å²) >= 11 is 8.98. The van der Waals surface area contributed by atoms with Gasteiger partial charge in [0.1, 0.15) is 12.4 Å². The van der Waals surface area contributed by atoms with Gasteiger partial charge in [-0.1, -0.05) is 11.6 Å². The second kappa shape index (κ2) is 7.66. The first-order chi connectivity index (χ1) is 9.76. The van der Waals surface area contributed by atoms with Gasteiger partial charge in [-0.2, -0.15) is 0 Å². The third-order valence-electron chi connectivity index (χ3n) is 2.69. The van der Waals surface area contributed by atoms with Crippen molar-refractivity contribution in [2.75, 3.05) is 13.7 Å². The van der Waals surface area contributed by atoms with E-state index in [-0.39, 0.29) is 12.4 Å². The number of alkyl halides is 1. The Morgan fingerprint density at radius 1 is 1.33 bits per heavy atom. The lowest BCUT2D eigenvalue weighted by molar-refractivity contribution is -0.132. The van der Waals surface area contributed by atoms with E-state index in [0.717, 1.165) is 0 Å². The van der Waals surface area contributed by atoms with Crippen molar-refractivity contribution in [1.82, 2.24) is 5.32 Å². The zero-order valence-electron chi connectivity index (χ0n) is 12.0. The highest BCUT2D eigenvalue weighted by atomic mass is 79.9. The Hall–Kier alpha value is -1.27. The zero-order chi connectivity index (χ0) is 16.0. The first-order valence-corrected chi connectivity index (χ1v) is 7.51. The van der Waals surface area contributed by atoms with E-state index in [1.807, 2.05) is 0 Å². The third-order valence-corrected chi connectivity index (χ3v) is 3.55. The van der Waals surface area contributed by atoms with Crippen molar-refractivity contribution in [2.24, 2.45) is 5.41 Å². The predicted molar refractivity (Wildman–Crippen MR) is 84.0 cm³/mol. The van der Waals surface area contributed by atoms with Crippen LogP contribution in [-0.4, -0.2) is 30.5 Å². The molecule has 1 N–H and O–H groups in total. The van der Waals surface area contributed by atoms with Crippen LogP contribution in [-0.2, 0) is 9.53 Å². The van der Waals surface area contributed by atoms with Crippen LogP contribution in [0.25, 0.3) is 0 Å². The summed E-state index contributed by atoms with van der Waals surface area (Å²) in [4.78, 5) is 23.4. The van der Waals surface area contributed by atoms with Gasteiger partial charge in [-0.25, -0.2) is 4.79 Å². The van der Waals surface area contributed by atoms with Crippen LogP contribution >= 0.6 is 27.5 Å². The highest BCUT2D eigenvalue weighted by molar-refractivity contribution is 9.09. The molecule has 0 aliphatic rings.